The van der Waals surface area contributed by atoms with Crippen molar-refractivity contribution in [3.05, 3.63) is 95.6 Å². The molecule has 0 saturated carbocycles. The van der Waals surface area contributed by atoms with E-state index in [-0.39, 0.29) is 11.8 Å². The van der Waals surface area contributed by atoms with Crippen LogP contribution in [0, 0.1) is 0 Å². The number of hydrogen-bond donors (Lipinski definition) is 1. The molecule has 0 heterocycles. The number of nitrogens with zero attached hydrogens (tertiary/aromatic N) is 1. The first-order valence-corrected chi connectivity index (χ1v) is 11.9. The molecule has 34 heavy (non-hydrogen) atoms. The van der Waals surface area contributed by atoms with Gasteiger partial charge in [-0.15, -0.1) is 0 Å². The number of hydrogen-bond acceptors (Lipinski definition) is 3. The summed E-state index contributed by atoms with van der Waals surface area (Å²) in [4.78, 5) is 28.0. The predicted molar refractivity (Wildman–Crippen MR) is 137 cm³/mol. The van der Waals surface area contributed by atoms with Gasteiger partial charge in [-0.1, -0.05) is 81.4 Å². The number of carbonyl (C=O) groups excluding carboxylic acids is 2. The lowest BCUT2D eigenvalue weighted by atomic mass is 9.98. The van der Waals surface area contributed by atoms with Crippen molar-refractivity contribution in [1.82, 2.24) is 4.90 Å². The van der Waals surface area contributed by atoms with E-state index in [9.17, 15) is 9.59 Å². The van der Waals surface area contributed by atoms with Gasteiger partial charge in [0.15, 0.2) is 6.10 Å². The molecule has 5 nitrogen and oxygen atoms in total. The van der Waals surface area contributed by atoms with E-state index in [0.29, 0.717) is 30.1 Å². The fourth-order valence-electron chi connectivity index (χ4n) is 3.82. The third-order valence-electron chi connectivity index (χ3n) is 6.02. The highest BCUT2D eigenvalue weighted by molar-refractivity contribution is 6.04. The molecule has 2 unspecified atom stereocenters. The molecule has 0 aliphatic rings. The second-order valence-electron chi connectivity index (χ2n) is 8.54. The van der Waals surface area contributed by atoms with Gasteiger partial charge in [0, 0.05) is 13.6 Å². The first-order valence-electron chi connectivity index (χ1n) is 11.9. The zero-order valence-electron chi connectivity index (χ0n) is 20.5. The Hall–Kier alpha value is -3.60. The van der Waals surface area contributed by atoms with Crippen LogP contribution in [0.15, 0.2) is 78.9 Å². The number of amides is 2. The first kappa shape index (κ1) is 25.0. The van der Waals surface area contributed by atoms with E-state index in [1.165, 1.54) is 0 Å². The van der Waals surface area contributed by atoms with E-state index in [2.05, 4.69) is 19.2 Å². The van der Waals surface area contributed by atoms with E-state index < -0.39 is 6.10 Å². The van der Waals surface area contributed by atoms with Crippen LogP contribution >= 0.6 is 0 Å². The fraction of sp³-hybridized carbons (Fsp3) is 0.310. The molecule has 1 N–H and O–H groups in total. The molecule has 3 rings (SSSR count). The van der Waals surface area contributed by atoms with Crippen LogP contribution in [-0.2, 0) is 11.3 Å². The summed E-state index contributed by atoms with van der Waals surface area (Å²) < 4.78 is 6.17. The van der Waals surface area contributed by atoms with Crippen molar-refractivity contribution in [3.8, 4) is 5.75 Å². The lowest BCUT2D eigenvalue weighted by molar-refractivity contribution is -0.122. The van der Waals surface area contributed by atoms with Crippen molar-refractivity contribution >= 4 is 17.5 Å². The van der Waals surface area contributed by atoms with Crippen LogP contribution in [0.1, 0.15) is 61.0 Å². The molecule has 0 aliphatic heterocycles. The van der Waals surface area contributed by atoms with E-state index in [4.69, 9.17) is 4.74 Å². The fourth-order valence-corrected chi connectivity index (χ4v) is 3.82. The second kappa shape index (κ2) is 12.0. The average molecular weight is 459 g/mol. The van der Waals surface area contributed by atoms with Gasteiger partial charge in [0.25, 0.3) is 11.8 Å². The van der Waals surface area contributed by atoms with Gasteiger partial charge in [0.05, 0.1) is 11.3 Å². The van der Waals surface area contributed by atoms with Crippen molar-refractivity contribution in [1.29, 1.82) is 0 Å². The lowest BCUT2D eigenvalue weighted by Gasteiger charge is -2.23. The number of rotatable bonds is 10. The van der Waals surface area contributed by atoms with Gasteiger partial charge >= 0.3 is 0 Å². The summed E-state index contributed by atoms with van der Waals surface area (Å²) in [5, 5.41) is 2.93. The van der Waals surface area contributed by atoms with E-state index in [0.717, 1.165) is 23.3 Å². The topological polar surface area (TPSA) is 58.6 Å². The van der Waals surface area contributed by atoms with E-state index in [1.807, 2.05) is 67.6 Å². The number of anilines is 1. The molecule has 0 saturated heterocycles. The summed E-state index contributed by atoms with van der Waals surface area (Å²) in [6, 6.07) is 24.8. The molecular formula is C29H34N2O3. The van der Waals surface area contributed by atoms with Crippen LogP contribution in [0.3, 0.4) is 0 Å². The molecule has 3 aromatic carbocycles. The zero-order valence-corrected chi connectivity index (χ0v) is 20.5. The standard InChI is InChI=1S/C29H34N2O3/c1-5-21(3)23-16-11-13-19-27(23)34-26(6-2)28(32)30-25-18-12-10-17-24(25)29(33)31(4)20-22-14-8-7-9-15-22/h7-19,21,26H,5-6,20H2,1-4H3,(H,30,32). The van der Waals surface area contributed by atoms with Crippen molar-refractivity contribution < 1.29 is 14.3 Å². The predicted octanol–water partition coefficient (Wildman–Crippen LogP) is 6.27. The summed E-state index contributed by atoms with van der Waals surface area (Å²) in [6.45, 7) is 6.68. The Labute approximate surface area is 202 Å². The molecule has 0 aromatic heterocycles. The van der Waals surface area contributed by atoms with Crippen molar-refractivity contribution in [2.45, 2.75) is 52.2 Å². The zero-order chi connectivity index (χ0) is 24.5. The Morgan fingerprint density at radius 1 is 0.882 bits per heavy atom. The highest BCUT2D eigenvalue weighted by Crippen LogP contribution is 2.30. The third kappa shape index (κ3) is 6.25. The normalized spacial score (nSPS) is 12.5. The molecule has 0 spiro atoms. The average Bonchev–Trinajstić information content (AvgIpc) is 2.87. The van der Waals surface area contributed by atoms with Gasteiger partial charge in [-0.25, -0.2) is 0 Å². The third-order valence-corrected chi connectivity index (χ3v) is 6.02. The summed E-state index contributed by atoms with van der Waals surface area (Å²) in [5.74, 6) is 0.629. The maximum absolute atomic E-state index is 13.2. The molecule has 0 radical (unpaired) electrons. The van der Waals surface area contributed by atoms with Gasteiger partial charge in [0.1, 0.15) is 5.75 Å². The summed E-state index contributed by atoms with van der Waals surface area (Å²) in [7, 11) is 1.76. The number of para-hydroxylation sites is 2. The van der Waals surface area contributed by atoms with Crippen LogP contribution < -0.4 is 10.1 Å². The SMILES string of the molecule is CCC(Oc1ccccc1C(C)CC)C(=O)Nc1ccccc1C(=O)N(C)Cc1ccccc1. The number of ether oxygens (including phenoxy) is 1. The largest absolute Gasteiger partial charge is 0.480 e. The van der Waals surface area contributed by atoms with Crippen molar-refractivity contribution in [2.75, 3.05) is 12.4 Å². The van der Waals surface area contributed by atoms with Gasteiger partial charge in [-0.05, 0) is 48.1 Å². The molecule has 0 bridgehead atoms. The number of nitrogens with one attached hydrogen (secondary N) is 1. The molecule has 0 fully saturated rings. The Morgan fingerprint density at radius 3 is 2.24 bits per heavy atom. The Balaban J connectivity index is 1.75. The Morgan fingerprint density at radius 2 is 1.53 bits per heavy atom. The molecule has 2 atom stereocenters. The molecule has 3 aromatic rings. The van der Waals surface area contributed by atoms with Crippen molar-refractivity contribution in [3.63, 3.8) is 0 Å². The van der Waals surface area contributed by atoms with Crippen molar-refractivity contribution in [2.24, 2.45) is 0 Å². The Kier molecular flexibility index (Phi) is 8.86. The second-order valence-corrected chi connectivity index (χ2v) is 8.54. The monoisotopic (exact) mass is 458 g/mol. The summed E-state index contributed by atoms with van der Waals surface area (Å²) in [6.07, 6.45) is 0.815. The number of benzene rings is 3. The molecule has 5 heteroatoms. The first-order chi connectivity index (χ1) is 16.4. The smallest absolute Gasteiger partial charge is 0.265 e. The number of carbonyl (C=O) groups is 2. The highest BCUT2D eigenvalue weighted by Gasteiger charge is 2.23. The molecular weight excluding hydrogens is 424 g/mol. The molecule has 2 amide bonds. The maximum atomic E-state index is 13.2. The van der Waals surface area contributed by atoms with Crippen LogP contribution in [-0.4, -0.2) is 29.9 Å². The van der Waals surface area contributed by atoms with Crippen LogP contribution in [0.2, 0.25) is 0 Å². The van der Waals surface area contributed by atoms with Crippen LogP contribution in [0.4, 0.5) is 5.69 Å². The van der Waals surface area contributed by atoms with Gasteiger partial charge in [-0.2, -0.15) is 0 Å². The van der Waals surface area contributed by atoms with Gasteiger partial charge in [0.2, 0.25) is 0 Å². The highest BCUT2D eigenvalue weighted by atomic mass is 16.5. The summed E-state index contributed by atoms with van der Waals surface area (Å²) >= 11 is 0. The van der Waals surface area contributed by atoms with Gasteiger partial charge in [-0.3, -0.25) is 9.59 Å². The summed E-state index contributed by atoms with van der Waals surface area (Å²) in [5.41, 5.74) is 3.06. The molecule has 178 valence electrons. The minimum Gasteiger partial charge on any atom is -0.480 e. The maximum Gasteiger partial charge on any atom is 0.265 e. The minimum atomic E-state index is -0.671. The van der Waals surface area contributed by atoms with Gasteiger partial charge < -0.3 is 15.0 Å². The lowest BCUT2D eigenvalue weighted by Crippen LogP contribution is -2.34. The van der Waals surface area contributed by atoms with Crippen LogP contribution in [0.5, 0.6) is 5.75 Å². The minimum absolute atomic E-state index is 0.157. The Bertz CT molecular complexity index is 1100. The quantitative estimate of drug-likeness (QED) is 0.390. The van der Waals surface area contributed by atoms with E-state index in [1.54, 1.807) is 30.1 Å². The molecule has 0 aliphatic carbocycles. The van der Waals surface area contributed by atoms with E-state index >= 15 is 0 Å². The van der Waals surface area contributed by atoms with Crippen LogP contribution in [0.25, 0.3) is 0 Å².